The van der Waals surface area contributed by atoms with Gasteiger partial charge in [0.15, 0.2) is 0 Å². The van der Waals surface area contributed by atoms with Gasteiger partial charge in [0.2, 0.25) is 0 Å². The van der Waals surface area contributed by atoms with E-state index in [4.69, 9.17) is 4.74 Å². The fourth-order valence-electron chi connectivity index (χ4n) is 2.21. The molecule has 124 valence electrons. The van der Waals surface area contributed by atoms with Gasteiger partial charge in [0.1, 0.15) is 6.61 Å². The number of non-ortho nitro benzene ring substituents is 2. The van der Waals surface area contributed by atoms with Crippen LogP contribution in [0, 0.1) is 20.2 Å². The fraction of sp³-hybridized carbons (Fsp3) is 0.462. The molecule has 1 aliphatic heterocycles. The highest BCUT2D eigenvalue weighted by Crippen LogP contribution is 2.23. The van der Waals surface area contributed by atoms with E-state index in [1.54, 1.807) is 0 Å². The Morgan fingerprint density at radius 2 is 1.70 bits per heavy atom. The van der Waals surface area contributed by atoms with Crippen LogP contribution in [0.5, 0.6) is 0 Å². The molecule has 1 heterocycles. The lowest BCUT2D eigenvalue weighted by Gasteiger charge is -2.25. The summed E-state index contributed by atoms with van der Waals surface area (Å²) in [5.74, 6) is -0.471. The van der Waals surface area contributed by atoms with Gasteiger partial charge in [-0.3, -0.25) is 29.9 Å². The molecule has 0 radical (unpaired) electrons. The smallest absolute Gasteiger partial charge is 0.320 e. The third kappa shape index (κ3) is 4.97. The van der Waals surface area contributed by atoms with E-state index in [1.807, 2.05) is 4.90 Å². The number of benzene rings is 1. The molecule has 0 atom stereocenters. The summed E-state index contributed by atoms with van der Waals surface area (Å²) in [4.78, 5) is 33.8. The standard InChI is InChI=1S/C13H16N4O6/c18-13(8-15-3-1-14-2-4-15)23-9-10-5-11(16(19)20)7-12(6-10)17(21)22/h5-7,14H,1-4,8-9H2. The van der Waals surface area contributed by atoms with Crippen LogP contribution in [0.25, 0.3) is 0 Å². The number of nitrogens with zero attached hydrogens (tertiary/aromatic N) is 3. The second-order valence-corrected chi connectivity index (χ2v) is 5.06. The summed E-state index contributed by atoms with van der Waals surface area (Å²) < 4.78 is 5.05. The zero-order valence-electron chi connectivity index (χ0n) is 12.3. The van der Waals surface area contributed by atoms with Crippen molar-refractivity contribution in [3.63, 3.8) is 0 Å². The second kappa shape index (κ2) is 7.61. The predicted octanol–water partition coefficient (Wildman–Crippen LogP) is 0.451. The molecule has 10 nitrogen and oxygen atoms in total. The number of hydrogen-bond acceptors (Lipinski definition) is 8. The van der Waals surface area contributed by atoms with E-state index in [-0.39, 0.29) is 18.7 Å². The molecule has 1 N–H and O–H groups in total. The minimum absolute atomic E-state index is 0.124. The maximum Gasteiger partial charge on any atom is 0.320 e. The molecule has 1 aromatic rings. The van der Waals surface area contributed by atoms with E-state index in [1.165, 1.54) is 0 Å². The van der Waals surface area contributed by atoms with Gasteiger partial charge in [-0.2, -0.15) is 0 Å². The van der Waals surface area contributed by atoms with Gasteiger partial charge >= 0.3 is 5.97 Å². The first kappa shape index (κ1) is 16.8. The number of piperazine rings is 1. The summed E-state index contributed by atoms with van der Waals surface area (Å²) in [6.07, 6.45) is 0. The molecule has 1 saturated heterocycles. The zero-order chi connectivity index (χ0) is 16.8. The highest BCUT2D eigenvalue weighted by molar-refractivity contribution is 5.71. The van der Waals surface area contributed by atoms with Crippen molar-refractivity contribution in [2.45, 2.75) is 6.61 Å². The predicted molar refractivity (Wildman–Crippen MR) is 78.9 cm³/mol. The minimum Gasteiger partial charge on any atom is -0.460 e. The number of esters is 1. The van der Waals surface area contributed by atoms with E-state index in [0.29, 0.717) is 0 Å². The van der Waals surface area contributed by atoms with Crippen molar-refractivity contribution in [2.24, 2.45) is 0 Å². The Kier molecular flexibility index (Phi) is 5.55. The molecule has 0 aliphatic carbocycles. The number of nitro benzene ring substituents is 2. The Balaban J connectivity index is 1.97. The first-order valence-corrected chi connectivity index (χ1v) is 6.97. The summed E-state index contributed by atoms with van der Waals surface area (Å²) >= 11 is 0. The van der Waals surface area contributed by atoms with Gasteiger partial charge in [0.25, 0.3) is 11.4 Å². The first-order chi connectivity index (χ1) is 11.0. The van der Waals surface area contributed by atoms with Gasteiger partial charge in [-0.15, -0.1) is 0 Å². The lowest BCUT2D eigenvalue weighted by molar-refractivity contribution is -0.394. The number of carbonyl (C=O) groups is 1. The van der Waals surface area contributed by atoms with Crippen LogP contribution in [0.1, 0.15) is 5.56 Å². The lowest BCUT2D eigenvalue weighted by Crippen LogP contribution is -2.45. The number of rotatable bonds is 6. The monoisotopic (exact) mass is 324 g/mol. The molecule has 1 fully saturated rings. The number of nitro groups is 2. The van der Waals surface area contributed by atoms with Crippen LogP contribution < -0.4 is 5.32 Å². The van der Waals surface area contributed by atoms with E-state index in [9.17, 15) is 25.0 Å². The summed E-state index contributed by atoms with van der Waals surface area (Å²) in [5, 5.41) is 24.7. The minimum atomic E-state index is -0.723. The van der Waals surface area contributed by atoms with Crippen LogP contribution in [0.15, 0.2) is 18.2 Å². The van der Waals surface area contributed by atoms with Gasteiger partial charge in [-0.1, -0.05) is 0 Å². The van der Waals surface area contributed by atoms with Gasteiger partial charge < -0.3 is 10.1 Å². The maximum atomic E-state index is 11.8. The average molecular weight is 324 g/mol. The molecule has 10 heteroatoms. The third-order valence-corrected chi connectivity index (χ3v) is 3.35. The summed E-state index contributed by atoms with van der Waals surface area (Å²) in [6.45, 7) is 2.94. The molecule has 0 bridgehead atoms. The topological polar surface area (TPSA) is 128 Å². The van der Waals surface area contributed by atoms with E-state index in [0.717, 1.165) is 44.4 Å². The van der Waals surface area contributed by atoms with Crippen molar-refractivity contribution in [1.29, 1.82) is 0 Å². The largest absolute Gasteiger partial charge is 0.460 e. The molecule has 0 aromatic heterocycles. The van der Waals surface area contributed by atoms with Crippen molar-refractivity contribution in [2.75, 3.05) is 32.7 Å². The van der Waals surface area contributed by atoms with Crippen LogP contribution in [-0.2, 0) is 16.1 Å². The van der Waals surface area contributed by atoms with Crippen molar-refractivity contribution in [1.82, 2.24) is 10.2 Å². The number of hydrogen-bond donors (Lipinski definition) is 1. The molecule has 0 amide bonds. The molecule has 0 spiro atoms. The van der Waals surface area contributed by atoms with E-state index in [2.05, 4.69) is 5.32 Å². The Hall–Kier alpha value is -2.59. The molecule has 0 saturated carbocycles. The number of ether oxygens (including phenoxy) is 1. The molecule has 2 rings (SSSR count). The van der Waals surface area contributed by atoms with Crippen molar-refractivity contribution >= 4 is 17.3 Å². The van der Waals surface area contributed by atoms with Crippen molar-refractivity contribution in [3.8, 4) is 0 Å². The summed E-state index contributed by atoms with van der Waals surface area (Å²) in [5.41, 5.74) is -0.612. The van der Waals surface area contributed by atoms with E-state index < -0.39 is 27.2 Å². The van der Waals surface area contributed by atoms with Crippen LogP contribution in [-0.4, -0.2) is 53.4 Å². The molecular weight excluding hydrogens is 308 g/mol. The Bertz CT molecular complexity index is 582. The summed E-state index contributed by atoms with van der Waals surface area (Å²) in [6, 6.07) is 3.18. The van der Waals surface area contributed by atoms with Crippen molar-refractivity contribution < 1.29 is 19.4 Å². The van der Waals surface area contributed by atoms with Gasteiger partial charge in [0.05, 0.1) is 22.5 Å². The normalized spacial score (nSPS) is 15.1. The lowest BCUT2D eigenvalue weighted by atomic mass is 10.2. The molecule has 23 heavy (non-hydrogen) atoms. The molecule has 0 unspecified atom stereocenters. The fourth-order valence-corrected chi connectivity index (χ4v) is 2.21. The average Bonchev–Trinajstić information content (AvgIpc) is 2.53. The maximum absolute atomic E-state index is 11.8. The Morgan fingerprint density at radius 3 is 2.22 bits per heavy atom. The zero-order valence-corrected chi connectivity index (χ0v) is 12.3. The van der Waals surface area contributed by atoms with Crippen molar-refractivity contribution in [3.05, 3.63) is 44.0 Å². The van der Waals surface area contributed by atoms with Crippen LogP contribution >= 0.6 is 0 Å². The number of carbonyl (C=O) groups excluding carboxylic acids is 1. The summed E-state index contributed by atoms with van der Waals surface area (Å²) in [7, 11) is 0. The van der Waals surface area contributed by atoms with Crippen LogP contribution in [0.4, 0.5) is 11.4 Å². The Morgan fingerprint density at radius 1 is 1.13 bits per heavy atom. The number of nitrogens with one attached hydrogen (secondary N) is 1. The molecule has 1 aliphatic rings. The molecular formula is C13H16N4O6. The van der Waals surface area contributed by atoms with Crippen LogP contribution in [0.2, 0.25) is 0 Å². The second-order valence-electron chi connectivity index (χ2n) is 5.06. The van der Waals surface area contributed by atoms with Crippen LogP contribution in [0.3, 0.4) is 0 Å². The van der Waals surface area contributed by atoms with Gasteiger partial charge in [-0.05, 0) is 0 Å². The first-order valence-electron chi connectivity index (χ1n) is 6.97. The highest BCUT2D eigenvalue weighted by atomic mass is 16.6. The SMILES string of the molecule is O=C(CN1CCNCC1)OCc1cc([N+](=O)[O-])cc([N+](=O)[O-])c1. The highest BCUT2D eigenvalue weighted by Gasteiger charge is 2.18. The third-order valence-electron chi connectivity index (χ3n) is 3.35. The molecule has 1 aromatic carbocycles. The Labute approximate surface area is 131 Å². The quantitative estimate of drug-likeness (QED) is 0.454. The van der Waals surface area contributed by atoms with Gasteiger partial charge in [0, 0.05) is 43.9 Å². The van der Waals surface area contributed by atoms with E-state index >= 15 is 0 Å². The van der Waals surface area contributed by atoms with Gasteiger partial charge in [-0.25, -0.2) is 0 Å².